The molecule has 1 aliphatic carbocycles. The lowest BCUT2D eigenvalue weighted by Crippen LogP contribution is -2.43. The van der Waals surface area contributed by atoms with Crippen molar-refractivity contribution >= 4 is 23.1 Å². The molecule has 1 atom stereocenters. The number of aliphatic hydroxyl groups excluding tert-OH is 1. The maximum Gasteiger partial charge on any atom is 0.232 e. The number of carbonyl (C=O) groups excluding carboxylic acids is 1. The number of nitrogens with two attached hydrogens (primary N) is 1. The minimum absolute atomic E-state index is 0.00157. The molecule has 1 amide bonds. The van der Waals surface area contributed by atoms with E-state index in [9.17, 15) is 4.79 Å². The van der Waals surface area contributed by atoms with Gasteiger partial charge in [0.05, 0.1) is 17.5 Å². The van der Waals surface area contributed by atoms with Crippen molar-refractivity contribution in [1.82, 2.24) is 4.90 Å². The van der Waals surface area contributed by atoms with Crippen molar-refractivity contribution in [2.45, 2.75) is 38.6 Å². The topological polar surface area (TPSA) is 66.6 Å². The number of rotatable bonds is 7. The van der Waals surface area contributed by atoms with Gasteiger partial charge in [-0.05, 0) is 19.3 Å². The molecular formula is C11H20N2O2S. The number of amides is 1. The lowest BCUT2D eigenvalue weighted by atomic mass is 10.0. The first-order chi connectivity index (χ1) is 7.61. The Balaban J connectivity index is 2.65. The average Bonchev–Trinajstić information content (AvgIpc) is 3.05. The summed E-state index contributed by atoms with van der Waals surface area (Å²) in [7, 11) is 0. The van der Waals surface area contributed by atoms with Gasteiger partial charge >= 0.3 is 0 Å². The quantitative estimate of drug-likeness (QED) is 0.646. The van der Waals surface area contributed by atoms with E-state index in [0.717, 1.165) is 19.3 Å². The molecule has 0 bridgehead atoms. The van der Waals surface area contributed by atoms with E-state index in [1.807, 2.05) is 6.92 Å². The molecule has 0 saturated heterocycles. The van der Waals surface area contributed by atoms with Gasteiger partial charge in [0.2, 0.25) is 5.91 Å². The molecule has 1 saturated carbocycles. The molecule has 0 radical (unpaired) electrons. The summed E-state index contributed by atoms with van der Waals surface area (Å²) in [5.74, 6) is -0.363. The number of hydrogen-bond donors (Lipinski definition) is 2. The Hall–Kier alpha value is -0.680. The molecule has 0 heterocycles. The van der Waals surface area contributed by atoms with Gasteiger partial charge in [-0.3, -0.25) is 4.79 Å². The molecule has 3 N–H and O–H groups in total. The van der Waals surface area contributed by atoms with E-state index >= 15 is 0 Å². The highest BCUT2D eigenvalue weighted by Gasteiger charge is 2.35. The van der Waals surface area contributed by atoms with Gasteiger partial charge in [0.15, 0.2) is 0 Å². The maximum absolute atomic E-state index is 12.2. The summed E-state index contributed by atoms with van der Waals surface area (Å²) in [6.45, 7) is 2.40. The molecule has 1 unspecified atom stereocenters. The van der Waals surface area contributed by atoms with Gasteiger partial charge in [-0.1, -0.05) is 25.6 Å². The SMILES string of the molecule is CCCC(C(=O)N(CCO)C1CC1)C(N)=S. The minimum atomic E-state index is -0.354. The van der Waals surface area contributed by atoms with Crippen molar-refractivity contribution in [2.75, 3.05) is 13.2 Å². The van der Waals surface area contributed by atoms with E-state index in [1.54, 1.807) is 4.90 Å². The van der Waals surface area contributed by atoms with Crippen LogP contribution in [0.3, 0.4) is 0 Å². The fourth-order valence-corrected chi connectivity index (χ4v) is 2.06. The monoisotopic (exact) mass is 244 g/mol. The van der Waals surface area contributed by atoms with Crippen LogP contribution in [0.2, 0.25) is 0 Å². The van der Waals surface area contributed by atoms with Crippen LogP contribution in [0.4, 0.5) is 0 Å². The van der Waals surface area contributed by atoms with Crippen LogP contribution in [0, 0.1) is 5.92 Å². The molecule has 0 aliphatic heterocycles. The molecule has 0 aromatic heterocycles. The van der Waals surface area contributed by atoms with Gasteiger partial charge in [0.1, 0.15) is 0 Å². The molecule has 16 heavy (non-hydrogen) atoms. The summed E-state index contributed by atoms with van der Waals surface area (Å²) < 4.78 is 0. The third-order valence-corrected chi connectivity index (χ3v) is 3.12. The lowest BCUT2D eigenvalue weighted by Gasteiger charge is -2.26. The predicted octanol–water partition coefficient (Wildman–Crippen LogP) is 0.672. The molecule has 1 aliphatic rings. The second-order valence-electron chi connectivity index (χ2n) is 4.23. The Morgan fingerprint density at radius 2 is 2.25 bits per heavy atom. The van der Waals surface area contributed by atoms with Crippen molar-refractivity contribution in [2.24, 2.45) is 11.7 Å². The number of carbonyl (C=O) groups is 1. The zero-order valence-electron chi connectivity index (χ0n) is 9.69. The van der Waals surface area contributed by atoms with Gasteiger partial charge in [-0.15, -0.1) is 0 Å². The number of thiocarbonyl (C=S) groups is 1. The lowest BCUT2D eigenvalue weighted by molar-refractivity contribution is -0.134. The second-order valence-corrected chi connectivity index (χ2v) is 4.70. The Labute approximate surface area is 102 Å². The van der Waals surface area contributed by atoms with Crippen LogP contribution in [0.25, 0.3) is 0 Å². The van der Waals surface area contributed by atoms with Crippen molar-refractivity contribution in [3.05, 3.63) is 0 Å². The normalized spacial score (nSPS) is 16.9. The Bertz CT molecular complexity index is 267. The summed E-state index contributed by atoms with van der Waals surface area (Å²) in [5.41, 5.74) is 5.60. The Kier molecular flexibility index (Phi) is 5.15. The van der Waals surface area contributed by atoms with Crippen LogP contribution in [0.15, 0.2) is 0 Å². The van der Waals surface area contributed by atoms with Crippen LogP contribution in [0.1, 0.15) is 32.6 Å². The third kappa shape index (κ3) is 3.42. The number of nitrogens with zero attached hydrogens (tertiary/aromatic N) is 1. The fourth-order valence-electron chi connectivity index (χ4n) is 1.84. The molecule has 5 heteroatoms. The summed E-state index contributed by atoms with van der Waals surface area (Å²) in [6.07, 6.45) is 3.64. The highest BCUT2D eigenvalue weighted by Crippen LogP contribution is 2.28. The molecular weight excluding hydrogens is 224 g/mol. The third-order valence-electron chi connectivity index (χ3n) is 2.83. The summed E-state index contributed by atoms with van der Waals surface area (Å²) in [6, 6.07) is 0.299. The first kappa shape index (κ1) is 13.4. The fraction of sp³-hybridized carbons (Fsp3) is 0.818. The number of aliphatic hydroxyl groups is 1. The van der Waals surface area contributed by atoms with Crippen molar-refractivity contribution in [3.63, 3.8) is 0 Å². The molecule has 0 spiro atoms. The van der Waals surface area contributed by atoms with Gasteiger partial charge in [-0.2, -0.15) is 0 Å². The van der Waals surface area contributed by atoms with Crippen LogP contribution in [-0.4, -0.2) is 40.1 Å². The molecule has 1 rings (SSSR count). The average molecular weight is 244 g/mol. The van der Waals surface area contributed by atoms with Crippen molar-refractivity contribution in [3.8, 4) is 0 Å². The standard InChI is InChI=1S/C11H20N2O2S/c1-2-3-9(10(12)16)11(15)13(6-7-14)8-4-5-8/h8-9,14H,2-7H2,1H3,(H2,12,16). The highest BCUT2D eigenvalue weighted by molar-refractivity contribution is 7.80. The Morgan fingerprint density at radius 1 is 1.62 bits per heavy atom. The maximum atomic E-state index is 12.2. The smallest absolute Gasteiger partial charge is 0.232 e. The van der Waals surface area contributed by atoms with E-state index < -0.39 is 0 Å². The first-order valence-electron chi connectivity index (χ1n) is 5.82. The van der Waals surface area contributed by atoms with E-state index in [4.69, 9.17) is 23.1 Å². The van der Waals surface area contributed by atoms with Gasteiger partial charge < -0.3 is 15.7 Å². The molecule has 1 fully saturated rings. The predicted molar refractivity (Wildman–Crippen MR) is 67.0 cm³/mol. The van der Waals surface area contributed by atoms with E-state index in [-0.39, 0.29) is 23.4 Å². The second kappa shape index (κ2) is 6.15. The molecule has 4 nitrogen and oxygen atoms in total. The van der Waals surface area contributed by atoms with Crippen LogP contribution >= 0.6 is 12.2 Å². The summed E-state index contributed by atoms with van der Waals surface area (Å²) in [5, 5.41) is 8.95. The summed E-state index contributed by atoms with van der Waals surface area (Å²) in [4.78, 5) is 14.2. The van der Waals surface area contributed by atoms with Gasteiger partial charge in [0.25, 0.3) is 0 Å². The van der Waals surface area contributed by atoms with Crippen LogP contribution in [-0.2, 0) is 4.79 Å². The van der Waals surface area contributed by atoms with E-state index in [2.05, 4.69) is 0 Å². The van der Waals surface area contributed by atoms with E-state index in [1.165, 1.54) is 0 Å². The molecule has 0 aromatic carbocycles. The molecule has 0 aromatic rings. The van der Waals surface area contributed by atoms with Crippen LogP contribution in [0.5, 0.6) is 0 Å². The van der Waals surface area contributed by atoms with Crippen molar-refractivity contribution < 1.29 is 9.90 Å². The largest absolute Gasteiger partial charge is 0.395 e. The zero-order chi connectivity index (χ0) is 12.1. The Morgan fingerprint density at radius 3 is 2.62 bits per heavy atom. The minimum Gasteiger partial charge on any atom is -0.395 e. The highest BCUT2D eigenvalue weighted by atomic mass is 32.1. The summed E-state index contributed by atoms with van der Waals surface area (Å²) >= 11 is 4.94. The number of hydrogen-bond acceptors (Lipinski definition) is 3. The first-order valence-corrected chi connectivity index (χ1v) is 6.23. The zero-order valence-corrected chi connectivity index (χ0v) is 10.5. The van der Waals surface area contributed by atoms with Gasteiger partial charge in [-0.25, -0.2) is 0 Å². The van der Waals surface area contributed by atoms with Crippen LogP contribution < -0.4 is 5.73 Å². The van der Waals surface area contributed by atoms with Crippen molar-refractivity contribution in [1.29, 1.82) is 0 Å². The van der Waals surface area contributed by atoms with Gasteiger partial charge in [0, 0.05) is 12.6 Å². The van der Waals surface area contributed by atoms with E-state index in [0.29, 0.717) is 19.0 Å². The molecule has 92 valence electrons.